The quantitative estimate of drug-likeness (QED) is 0.438. The molecule has 0 radical (unpaired) electrons. The molecular weight excluding hydrogens is 386 g/mol. The van der Waals surface area contributed by atoms with E-state index in [1.807, 2.05) is 0 Å². The Bertz CT molecular complexity index is 685. The van der Waals surface area contributed by atoms with Crippen LogP contribution < -0.4 is 10.1 Å². The molecule has 0 saturated carbocycles. The first kappa shape index (κ1) is 19.5. The highest BCUT2D eigenvalue weighted by atomic mass is 79.9. The maximum atomic E-state index is 12.0. The normalized spacial score (nSPS) is 10.6. The van der Waals surface area contributed by atoms with Gasteiger partial charge >= 0.3 is 17.9 Å². The number of nitrogens with one attached hydrogen (secondary N) is 1. The number of carbonyl (C=O) groups is 3. The van der Waals surface area contributed by atoms with Gasteiger partial charge in [0.2, 0.25) is 0 Å². The first-order valence-electron chi connectivity index (χ1n) is 6.48. The Kier molecular flexibility index (Phi) is 7.25. The molecule has 130 valence electrons. The molecule has 0 spiro atoms. The summed E-state index contributed by atoms with van der Waals surface area (Å²) in [5, 5.41) is 2.68. The third-order valence-electron chi connectivity index (χ3n) is 2.83. The molecule has 1 aromatic carbocycles. The van der Waals surface area contributed by atoms with Crippen LogP contribution in [0.2, 0.25) is 0 Å². The lowest BCUT2D eigenvalue weighted by molar-refractivity contribution is -0.138. The number of halogens is 1. The summed E-state index contributed by atoms with van der Waals surface area (Å²) in [6.07, 6.45) is 0.906. The van der Waals surface area contributed by atoms with E-state index in [2.05, 4.69) is 30.7 Å². The Morgan fingerprint density at radius 1 is 1.04 bits per heavy atom. The van der Waals surface area contributed by atoms with E-state index in [-0.39, 0.29) is 16.9 Å². The molecule has 0 fully saturated rings. The summed E-state index contributed by atoms with van der Waals surface area (Å²) in [4.78, 5) is 35.2. The highest BCUT2D eigenvalue weighted by Gasteiger charge is 2.21. The molecule has 9 heteroatoms. The zero-order valence-electron chi connectivity index (χ0n) is 13.5. The number of hydrogen-bond acceptors (Lipinski definition) is 8. The van der Waals surface area contributed by atoms with Crippen molar-refractivity contribution in [3.05, 3.63) is 33.9 Å². The van der Waals surface area contributed by atoms with Crippen molar-refractivity contribution in [3.8, 4) is 5.75 Å². The van der Waals surface area contributed by atoms with Crippen molar-refractivity contribution in [1.29, 1.82) is 0 Å². The molecule has 0 aromatic heterocycles. The van der Waals surface area contributed by atoms with Gasteiger partial charge in [0.15, 0.2) is 0 Å². The molecule has 0 bridgehead atoms. The second-order valence-corrected chi connectivity index (χ2v) is 5.08. The molecule has 0 aliphatic carbocycles. The standard InChI is InChI=1S/C15H16BrNO7/c1-21-8-5-9(14(19)23-3)13(10(16)6-8)17-11(15(20)24-4)7-12(18)22-2/h5-7,17H,1-4H3/b11-7+. The number of anilines is 1. The van der Waals surface area contributed by atoms with E-state index < -0.39 is 17.9 Å². The maximum absolute atomic E-state index is 12.0. The van der Waals surface area contributed by atoms with Crippen LogP contribution in [0.3, 0.4) is 0 Å². The Morgan fingerprint density at radius 3 is 2.21 bits per heavy atom. The van der Waals surface area contributed by atoms with Crippen LogP contribution in [0.4, 0.5) is 5.69 Å². The molecule has 1 aromatic rings. The van der Waals surface area contributed by atoms with Crippen molar-refractivity contribution >= 4 is 39.5 Å². The minimum Gasteiger partial charge on any atom is -0.497 e. The number of methoxy groups -OCH3 is 4. The van der Waals surface area contributed by atoms with E-state index in [0.29, 0.717) is 10.2 Å². The molecule has 0 saturated heterocycles. The summed E-state index contributed by atoms with van der Waals surface area (Å²) in [6.45, 7) is 0. The lowest BCUT2D eigenvalue weighted by atomic mass is 10.1. The van der Waals surface area contributed by atoms with Gasteiger partial charge in [-0.15, -0.1) is 0 Å². The van der Waals surface area contributed by atoms with Gasteiger partial charge in [0.1, 0.15) is 11.4 Å². The summed E-state index contributed by atoms with van der Waals surface area (Å²) in [5.41, 5.74) is 0.0620. The van der Waals surface area contributed by atoms with Gasteiger partial charge in [-0.25, -0.2) is 14.4 Å². The fraction of sp³-hybridized carbons (Fsp3) is 0.267. The van der Waals surface area contributed by atoms with Crippen molar-refractivity contribution in [2.24, 2.45) is 0 Å². The molecule has 0 unspecified atom stereocenters. The first-order chi connectivity index (χ1) is 11.4. The monoisotopic (exact) mass is 401 g/mol. The van der Waals surface area contributed by atoms with Crippen molar-refractivity contribution in [2.75, 3.05) is 33.8 Å². The molecule has 0 atom stereocenters. The second kappa shape index (κ2) is 8.92. The summed E-state index contributed by atoms with van der Waals surface area (Å²) >= 11 is 3.27. The van der Waals surface area contributed by atoms with Crippen LogP contribution in [-0.2, 0) is 23.8 Å². The van der Waals surface area contributed by atoms with Crippen molar-refractivity contribution in [3.63, 3.8) is 0 Å². The lowest BCUT2D eigenvalue weighted by Crippen LogP contribution is -2.18. The molecular formula is C15H16BrNO7. The fourth-order valence-electron chi connectivity index (χ4n) is 1.67. The number of esters is 3. The largest absolute Gasteiger partial charge is 0.497 e. The van der Waals surface area contributed by atoms with Crippen LogP contribution in [0, 0.1) is 0 Å². The van der Waals surface area contributed by atoms with E-state index >= 15 is 0 Å². The Balaban J connectivity index is 3.42. The topological polar surface area (TPSA) is 100 Å². The van der Waals surface area contributed by atoms with Gasteiger partial charge < -0.3 is 24.3 Å². The first-order valence-corrected chi connectivity index (χ1v) is 7.28. The highest BCUT2D eigenvalue weighted by molar-refractivity contribution is 9.10. The smallest absolute Gasteiger partial charge is 0.354 e. The minimum atomic E-state index is -0.820. The number of ether oxygens (including phenoxy) is 4. The third-order valence-corrected chi connectivity index (χ3v) is 3.46. The van der Waals surface area contributed by atoms with Gasteiger partial charge in [-0.1, -0.05) is 0 Å². The highest BCUT2D eigenvalue weighted by Crippen LogP contribution is 2.33. The molecule has 1 rings (SSSR count). The van der Waals surface area contributed by atoms with Gasteiger partial charge in [0, 0.05) is 4.47 Å². The molecule has 1 N–H and O–H groups in total. The van der Waals surface area contributed by atoms with Crippen LogP contribution in [0.1, 0.15) is 10.4 Å². The average Bonchev–Trinajstić information content (AvgIpc) is 2.60. The predicted molar refractivity (Wildman–Crippen MR) is 87.8 cm³/mol. The summed E-state index contributed by atoms with van der Waals surface area (Å²) in [6, 6.07) is 2.99. The molecule has 24 heavy (non-hydrogen) atoms. The van der Waals surface area contributed by atoms with Crippen LogP contribution >= 0.6 is 15.9 Å². The van der Waals surface area contributed by atoms with E-state index in [0.717, 1.165) is 20.3 Å². The molecule has 0 aliphatic rings. The molecule has 0 amide bonds. The minimum absolute atomic E-state index is 0.0865. The zero-order chi connectivity index (χ0) is 18.3. The van der Waals surface area contributed by atoms with E-state index in [1.165, 1.54) is 20.3 Å². The Labute approximate surface area is 146 Å². The number of rotatable bonds is 6. The van der Waals surface area contributed by atoms with Gasteiger partial charge in [0.05, 0.1) is 45.8 Å². The number of carbonyl (C=O) groups excluding carboxylic acids is 3. The second-order valence-electron chi connectivity index (χ2n) is 4.22. The lowest BCUT2D eigenvalue weighted by Gasteiger charge is -2.15. The van der Waals surface area contributed by atoms with Crippen LogP contribution in [0.5, 0.6) is 5.75 Å². The van der Waals surface area contributed by atoms with E-state index in [9.17, 15) is 14.4 Å². The Hall–Kier alpha value is -2.55. The van der Waals surface area contributed by atoms with Gasteiger partial charge in [-0.05, 0) is 28.1 Å². The van der Waals surface area contributed by atoms with Gasteiger partial charge in [-0.3, -0.25) is 0 Å². The number of benzene rings is 1. The van der Waals surface area contributed by atoms with Crippen molar-refractivity contribution < 1.29 is 33.3 Å². The fourth-order valence-corrected chi connectivity index (χ4v) is 2.20. The molecule has 0 heterocycles. The Morgan fingerprint density at radius 2 is 1.71 bits per heavy atom. The van der Waals surface area contributed by atoms with E-state index in [4.69, 9.17) is 9.47 Å². The SMILES string of the molecule is COC(=O)/C=C(/Nc1c(Br)cc(OC)cc1C(=O)OC)C(=O)OC. The summed E-state index contributed by atoms with van der Waals surface area (Å²) in [7, 11) is 4.97. The molecule has 8 nitrogen and oxygen atoms in total. The maximum Gasteiger partial charge on any atom is 0.354 e. The third kappa shape index (κ3) is 4.72. The number of hydrogen-bond donors (Lipinski definition) is 1. The summed E-state index contributed by atoms with van der Waals surface area (Å²) in [5.74, 6) is -1.87. The van der Waals surface area contributed by atoms with Crippen molar-refractivity contribution in [1.82, 2.24) is 0 Å². The van der Waals surface area contributed by atoms with Crippen LogP contribution in [0.25, 0.3) is 0 Å². The zero-order valence-corrected chi connectivity index (χ0v) is 15.1. The van der Waals surface area contributed by atoms with Gasteiger partial charge in [-0.2, -0.15) is 0 Å². The van der Waals surface area contributed by atoms with Gasteiger partial charge in [0.25, 0.3) is 0 Å². The molecule has 0 aliphatic heterocycles. The van der Waals surface area contributed by atoms with Crippen molar-refractivity contribution in [2.45, 2.75) is 0 Å². The summed E-state index contributed by atoms with van der Waals surface area (Å²) < 4.78 is 19.3. The van der Waals surface area contributed by atoms with E-state index in [1.54, 1.807) is 6.07 Å². The van der Waals surface area contributed by atoms with Crippen LogP contribution in [-0.4, -0.2) is 46.3 Å². The predicted octanol–water partition coefficient (Wildman–Crippen LogP) is 1.89. The average molecular weight is 402 g/mol. The van der Waals surface area contributed by atoms with Crippen LogP contribution in [0.15, 0.2) is 28.4 Å².